The second-order valence-electron chi connectivity index (χ2n) is 45.7. The fourth-order valence-electron chi connectivity index (χ4n) is 32.7. The summed E-state index contributed by atoms with van der Waals surface area (Å²) in [5.74, 6) is 5.68. The number of carbonyl (C=O) groups is 8. The van der Waals surface area contributed by atoms with Crippen molar-refractivity contribution in [2.24, 2.45) is 106 Å². The van der Waals surface area contributed by atoms with Crippen molar-refractivity contribution >= 4 is 59.5 Å². The third-order valence-electron chi connectivity index (χ3n) is 38.7. The van der Waals surface area contributed by atoms with Crippen molar-refractivity contribution in [3.8, 4) is 0 Å². The summed E-state index contributed by atoms with van der Waals surface area (Å²) < 4.78 is 0. The zero-order valence-corrected chi connectivity index (χ0v) is 84.1. The number of hydrogen-bond acceptors (Lipinski definition) is 14. The lowest BCUT2D eigenvalue weighted by Gasteiger charge is -2.45. The van der Waals surface area contributed by atoms with Crippen LogP contribution in [0.1, 0.15) is 255 Å². The van der Waals surface area contributed by atoms with E-state index < -0.39 is 11.9 Å². The zero-order chi connectivity index (χ0) is 96.2. The number of aryl methyl sites for hydroxylation is 14. The first-order valence-corrected chi connectivity index (χ1v) is 53.0. The highest BCUT2D eigenvalue weighted by Gasteiger charge is 2.69. The Hall–Kier alpha value is -9.09. The smallest absolute Gasteiger partial charge is 0.307 e. The Bertz CT molecular complexity index is 5810. The summed E-state index contributed by atoms with van der Waals surface area (Å²) >= 11 is 1.92. The largest absolute Gasteiger partial charge is 0.481 e. The van der Waals surface area contributed by atoms with Crippen LogP contribution < -0.4 is 16.8 Å². The summed E-state index contributed by atoms with van der Waals surface area (Å²) in [6, 6.07) is 34.1. The molecule has 13 aliphatic heterocycles. The molecule has 6 spiro atoms. The molecule has 136 heavy (non-hydrogen) atoms. The van der Waals surface area contributed by atoms with Gasteiger partial charge in [-0.2, -0.15) is 0 Å². The highest BCUT2D eigenvalue weighted by atomic mass is 32.2. The number of aliphatic carboxylic acids is 1. The number of nitrogens with one attached hydrogen (secondary N) is 1. The Kier molecular flexibility index (Phi) is 25.7. The van der Waals surface area contributed by atoms with Crippen molar-refractivity contribution in [1.82, 2.24) is 34.7 Å². The number of nitrogens with two attached hydrogens (primary N) is 2. The first-order chi connectivity index (χ1) is 65.0. The Morgan fingerprint density at radius 3 is 1.18 bits per heavy atom. The molecule has 5 aliphatic carbocycles. The minimum atomic E-state index is -0.744. The number of benzene rings is 6. The number of rotatable bonds is 6. The van der Waals surface area contributed by atoms with Crippen LogP contribution in [0.15, 0.2) is 95.9 Å². The number of hydrogen-bond donors (Lipinski definition) is 4. The number of nitro groups is 1. The average molecular weight is 1870 g/mol. The molecule has 6 aromatic rings. The highest BCUT2D eigenvalue weighted by Crippen LogP contribution is 2.67. The number of piperidine rings is 1. The van der Waals surface area contributed by atoms with Crippen LogP contribution in [0.4, 0.5) is 0 Å². The molecule has 6 aromatic carbocycles. The van der Waals surface area contributed by atoms with Gasteiger partial charge in [-0.25, -0.2) is 0 Å². The Balaban J connectivity index is 0.000000105. The average Bonchev–Trinajstić information content (AvgIpc) is 1.54. The molecule has 726 valence electrons. The van der Waals surface area contributed by atoms with Crippen LogP contribution in [0, 0.1) is 167 Å². The summed E-state index contributed by atoms with van der Waals surface area (Å²) in [5.41, 5.74) is 38.0. The van der Waals surface area contributed by atoms with Gasteiger partial charge in [-0.05, 0) is 344 Å². The number of nitrogens with zero attached hydrogens (tertiary/aromatic N) is 7. The molecular formula is C114H148N10O11S. The maximum atomic E-state index is 12.8. The summed E-state index contributed by atoms with van der Waals surface area (Å²) in [5, 5.41) is 24.5. The lowest BCUT2D eigenvalue weighted by atomic mass is 9.74. The van der Waals surface area contributed by atoms with Crippen molar-refractivity contribution in [2.45, 2.75) is 276 Å². The van der Waals surface area contributed by atoms with Gasteiger partial charge in [-0.15, -0.1) is 11.8 Å². The fraction of sp³-hybridized carbons (Fsp3) is 0.614. The van der Waals surface area contributed by atoms with Crippen molar-refractivity contribution < 1.29 is 48.4 Å². The monoisotopic (exact) mass is 1870 g/mol. The van der Waals surface area contributed by atoms with E-state index in [1.807, 2.05) is 23.6 Å². The zero-order valence-electron chi connectivity index (χ0n) is 83.2. The van der Waals surface area contributed by atoms with Gasteiger partial charge in [0.15, 0.2) is 0 Å². The van der Waals surface area contributed by atoms with Gasteiger partial charge >= 0.3 is 5.97 Å². The van der Waals surface area contributed by atoms with E-state index in [1.165, 1.54) is 116 Å². The Morgan fingerprint density at radius 2 is 0.765 bits per heavy atom. The predicted octanol–water partition coefficient (Wildman–Crippen LogP) is 16.7. The van der Waals surface area contributed by atoms with Gasteiger partial charge < -0.3 is 56.1 Å². The normalized spacial score (nSPS) is 34.9. The molecule has 18 aliphatic rings. The van der Waals surface area contributed by atoms with Gasteiger partial charge in [0.2, 0.25) is 42.0 Å². The minimum Gasteiger partial charge on any atom is -0.481 e. The van der Waals surface area contributed by atoms with Crippen LogP contribution in [0.25, 0.3) is 0 Å². The quantitative estimate of drug-likeness (QED) is 0.0685. The second-order valence-corrected chi connectivity index (χ2v) is 46.8. The fourth-order valence-corrected chi connectivity index (χ4v) is 33.8. The molecule has 6 N–H and O–H groups in total. The molecule has 22 heteroatoms. The van der Waals surface area contributed by atoms with Crippen LogP contribution in [0.5, 0.6) is 0 Å². The number of thioether (sulfide) groups is 1. The van der Waals surface area contributed by atoms with E-state index >= 15 is 0 Å². The molecule has 0 aromatic heterocycles. The van der Waals surface area contributed by atoms with Crippen LogP contribution >= 0.6 is 11.8 Å². The van der Waals surface area contributed by atoms with Gasteiger partial charge in [-0.1, -0.05) is 131 Å². The summed E-state index contributed by atoms with van der Waals surface area (Å²) in [6.07, 6.45) is 20.7. The molecular weight excluding hydrogens is 1720 g/mol. The van der Waals surface area contributed by atoms with Crippen molar-refractivity contribution in [3.63, 3.8) is 0 Å². The Morgan fingerprint density at radius 1 is 0.426 bits per heavy atom. The van der Waals surface area contributed by atoms with Crippen LogP contribution in [0.3, 0.4) is 0 Å². The highest BCUT2D eigenvalue weighted by molar-refractivity contribution is 7.99. The topological polar surface area (TPSA) is 283 Å². The van der Waals surface area contributed by atoms with E-state index in [2.05, 4.69) is 211 Å². The van der Waals surface area contributed by atoms with Gasteiger partial charge in [-0.3, -0.25) is 43.7 Å². The summed E-state index contributed by atoms with van der Waals surface area (Å²) in [7, 11) is 0. The first kappa shape index (κ1) is 95.8. The van der Waals surface area contributed by atoms with E-state index in [0.29, 0.717) is 117 Å². The van der Waals surface area contributed by atoms with E-state index in [9.17, 15) is 53.6 Å². The Labute approximate surface area is 810 Å². The van der Waals surface area contributed by atoms with E-state index in [-0.39, 0.29) is 104 Å². The number of carboxylic acids is 1. The molecule has 12 fully saturated rings. The third-order valence-corrected chi connectivity index (χ3v) is 39.7. The van der Waals surface area contributed by atoms with E-state index in [0.717, 1.165) is 167 Å². The summed E-state index contributed by atoms with van der Waals surface area (Å²) in [6.45, 7) is 38.9. The predicted molar refractivity (Wildman–Crippen MR) is 530 cm³/mol. The van der Waals surface area contributed by atoms with Crippen LogP contribution in [-0.2, 0) is 104 Å². The number of amides is 6. The van der Waals surface area contributed by atoms with Crippen molar-refractivity contribution in [1.29, 1.82) is 0 Å². The molecule has 22 atom stereocenters. The molecule has 5 unspecified atom stereocenters. The third kappa shape index (κ3) is 15.1. The number of aldehydes is 1. The van der Waals surface area contributed by atoms with Gasteiger partial charge in [0, 0.05) is 135 Å². The van der Waals surface area contributed by atoms with E-state index in [4.69, 9.17) is 11.5 Å². The standard InChI is InChI=1S/C20H26N2O3.C20H28N2O.C20H25NO2.C19H26N2O.C19H23NO3.C16H20N2OS/c1-12-7-15-5-4-6-21-19(23)9-18-16(11-22(24)25)14(3)10-20(18,21)17(15)8-13(12)2;1-12-7-15-5-4-6-22-19(23)9-18-16(11-21)14(3)10-20(18,22)17(15)8-13(12)2;1-12-7-15-5-4-6-21-19(23)9-18-16(11-22)14(3)10-20(18,21)17(15)8-13(12)2;1-12-5-6-16-14(8-12)4-3-7-21-18(22)9-17-15(11-20)13(2)10-19(16,17)21;1-11-5-6-14-13(8-11)4-3-7-20-16(21)9-15-17(18(22)23)12(2)10-19(14,15)20;1-11-2-3-13-14(8-11)20-7-6-18-15(19)9-12-10-17-5-4-16(12,13)18/h7-8,14,16,18H,4-6,9-11H2,1-3H3;7-8,14,16,18H,4-6,9-11,21H2,1-3H3;7-8,11,14,16,18H,4-6,9-10H2,1-3H3;5-6,8,13,15,17H,3-4,7,9-11,20H2,1-2H3;5-6,8,12,15,17H,3-4,7,9-10H2,1-2H3,(H,22,23);2-3,8,12,17H,4-7,9-10H2,1H3/t3*14-,16+,18-,20?;13-,15+,17-,19?;12-,15-,17+,19?;12-,16+/m000000/s1. The molecule has 7 saturated heterocycles. The molecule has 5 saturated carbocycles. The number of carboxylic acid groups (broad SMARTS) is 1. The summed E-state index contributed by atoms with van der Waals surface area (Å²) in [4.78, 5) is 125. The van der Waals surface area contributed by atoms with Crippen molar-refractivity contribution in [3.05, 3.63) is 212 Å². The maximum absolute atomic E-state index is 12.8. The molecule has 0 radical (unpaired) electrons. The maximum Gasteiger partial charge on any atom is 0.307 e. The molecule has 13 heterocycles. The molecule has 0 bridgehead atoms. The number of carbonyl (C=O) groups excluding carboxylic acids is 7. The van der Waals surface area contributed by atoms with Crippen LogP contribution in [-0.4, -0.2) is 165 Å². The van der Waals surface area contributed by atoms with Gasteiger partial charge in [0.1, 0.15) is 6.29 Å². The first-order valence-electron chi connectivity index (χ1n) is 52.1. The number of fused-ring (bicyclic) bond motifs is 6. The second kappa shape index (κ2) is 36.5. The van der Waals surface area contributed by atoms with E-state index in [1.54, 1.807) is 0 Å². The lowest BCUT2D eigenvalue weighted by Crippen LogP contribution is -2.53. The SMILES string of the molecule is Cc1cc2c(cc1C)C13C[C@H](C)[C@@H](C=O)[C@@H]1CC(=O)N3CCC2.Cc1cc2c(cc1C)C13C[C@H](C)[C@@H](CN)[C@@H]1CC(=O)N3CCC2.Cc1cc2c(cc1C)C13C[C@H](C)[C@@H](C[N+](=O)[O-])[C@@H]1CC(=O)N3CCC2.Cc1ccc2c(c1)CCCN1C(=O)C[C@H]3[C@H](C(=O)O)[C@@H](C)CC231.Cc1ccc2c(c1)CCCN1C(=O)C[C@H]3[C@H](CN)[C@@H](C)CC231.Cc1ccc2c(c1)SCCN1C(=O)C[C@H]3CNCC[C@]231. The van der Waals surface area contributed by atoms with Crippen molar-refractivity contribution in [2.75, 3.05) is 77.7 Å². The molecule has 21 nitrogen and oxygen atoms in total. The van der Waals surface area contributed by atoms with Crippen LogP contribution in [0.2, 0.25) is 0 Å². The molecule has 24 rings (SSSR count). The molecule has 6 amide bonds. The van der Waals surface area contributed by atoms with Gasteiger partial charge in [0.25, 0.3) is 0 Å². The van der Waals surface area contributed by atoms with Gasteiger partial charge in [0.05, 0.1) is 39.2 Å². The lowest BCUT2D eigenvalue weighted by molar-refractivity contribution is -0.491. The minimum absolute atomic E-state index is 0.0107.